The molecule has 0 radical (unpaired) electrons. The van der Waals surface area contributed by atoms with Crippen LogP contribution in [0.1, 0.15) is 20.3 Å². The largest absolute Gasteiger partial charge is 0.306 e. The van der Waals surface area contributed by atoms with Crippen LogP contribution in [0.5, 0.6) is 0 Å². The molecule has 0 nitrogen and oxygen atoms in total. The minimum Gasteiger partial charge on any atom is -0.190 e. The van der Waals surface area contributed by atoms with E-state index in [0.29, 0.717) is 11.0 Å². The van der Waals surface area contributed by atoms with Gasteiger partial charge >= 0.3 is 5.25 Å². The van der Waals surface area contributed by atoms with Gasteiger partial charge in [0.05, 0.1) is 0 Å². The third kappa shape index (κ3) is 2.88. The summed E-state index contributed by atoms with van der Waals surface area (Å²) in [5, 5.41) is -1.89. The molecule has 4 heteroatoms. The maximum atomic E-state index is 13.4. The lowest BCUT2D eigenvalue weighted by atomic mass is 10.1. The molecule has 0 aromatic heterocycles. The molecule has 13 heavy (non-hydrogen) atoms. The molecule has 0 spiro atoms. The Morgan fingerprint density at radius 3 is 2.46 bits per heavy atom. The molecule has 0 aromatic carbocycles. The molecule has 1 saturated heterocycles. The molecule has 0 saturated carbocycles. The SMILES string of the molecule is CC(C)C/C=C/C(F)(F)S1(C)CS1. The lowest BCUT2D eigenvalue weighted by Crippen LogP contribution is -2.12. The van der Waals surface area contributed by atoms with Crippen LogP contribution < -0.4 is 0 Å². The highest BCUT2D eigenvalue weighted by molar-refractivity contribution is 9.08. The van der Waals surface area contributed by atoms with Crippen molar-refractivity contribution in [3.05, 3.63) is 12.2 Å². The van der Waals surface area contributed by atoms with Gasteiger partial charge in [0.1, 0.15) is 0 Å². The van der Waals surface area contributed by atoms with E-state index in [2.05, 4.69) is 0 Å². The molecule has 1 fully saturated rings. The number of halogens is 2. The van der Waals surface area contributed by atoms with Crippen molar-refractivity contribution >= 4 is 19.9 Å². The lowest BCUT2D eigenvalue weighted by molar-refractivity contribution is 0.160. The first kappa shape index (κ1) is 11.4. The third-order valence-corrected chi connectivity index (χ3v) is 7.69. The van der Waals surface area contributed by atoms with Gasteiger partial charge in [-0.3, -0.25) is 0 Å². The van der Waals surface area contributed by atoms with Gasteiger partial charge in [-0.1, -0.05) is 30.7 Å². The summed E-state index contributed by atoms with van der Waals surface area (Å²) in [6, 6.07) is 0. The fourth-order valence-corrected chi connectivity index (χ4v) is 4.53. The summed E-state index contributed by atoms with van der Waals surface area (Å²) in [4.78, 5) is 0. The highest BCUT2D eigenvalue weighted by Crippen LogP contribution is 2.83. The molecular weight excluding hydrogens is 210 g/mol. The molecule has 0 amide bonds. The maximum Gasteiger partial charge on any atom is 0.306 e. The zero-order valence-electron chi connectivity index (χ0n) is 8.22. The summed E-state index contributed by atoms with van der Waals surface area (Å²) < 4.78 is 26.7. The lowest BCUT2D eigenvalue weighted by Gasteiger charge is -2.21. The highest BCUT2D eigenvalue weighted by atomic mass is 33.2. The van der Waals surface area contributed by atoms with Crippen LogP contribution in [0.3, 0.4) is 0 Å². The van der Waals surface area contributed by atoms with Crippen LogP contribution in [0.15, 0.2) is 12.2 Å². The molecule has 1 unspecified atom stereocenters. The van der Waals surface area contributed by atoms with Gasteiger partial charge < -0.3 is 0 Å². The zero-order chi connectivity index (χ0) is 10.1. The molecule has 0 aliphatic carbocycles. The normalized spacial score (nSPS) is 33.7. The number of alkyl halides is 2. The van der Waals surface area contributed by atoms with Gasteiger partial charge in [-0.2, -0.15) is 8.78 Å². The maximum absolute atomic E-state index is 13.4. The monoisotopic (exact) mass is 226 g/mol. The van der Waals surface area contributed by atoms with Crippen LogP contribution in [-0.2, 0) is 0 Å². The van der Waals surface area contributed by atoms with Gasteiger partial charge in [-0.05, 0) is 24.7 Å². The van der Waals surface area contributed by atoms with Crippen molar-refractivity contribution in [2.75, 3.05) is 11.3 Å². The van der Waals surface area contributed by atoms with E-state index in [-0.39, 0.29) is 0 Å². The Bertz CT molecular complexity index is 208. The first-order chi connectivity index (χ1) is 5.87. The molecule has 1 rings (SSSR count). The van der Waals surface area contributed by atoms with Crippen molar-refractivity contribution < 1.29 is 8.78 Å². The second-order valence-electron chi connectivity index (χ2n) is 3.83. The predicted octanol–water partition coefficient (Wildman–Crippen LogP) is 4.24. The Morgan fingerprint density at radius 2 is 2.08 bits per heavy atom. The number of rotatable bonds is 4. The summed E-state index contributed by atoms with van der Waals surface area (Å²) in [5.41, 5.74) is 0. The summed E-state index contributed by atoms with van der Waals surface area (Å²) in [5.74, 6) is 0.460. The number of allylic oxidation sites excluding steroid dienone is 1. The van der Waals surface area contributed by atoms with Crippen LogP contribution in [0.2, 0.25) is 0 Å². The molecule has 1 aliphatic rings. The highest BCUT2D eigenvalue weighted by Gasteiger charge is 2.53. The van der Waals surface area contributed by atoms with E-state index in [4.69, 9.17) is 0 Å². The van der Waals surface area contributed by atoms with Crippen LogP contribution in [0.4, 0.5) is 8.78 Å². The summed E-state index contributed by atoms with van der Waals surface area (Å²) in [6.07, 6.45) is 5.19. The van der Waals surface area contributed by atoms with Gasteiger partial charge in [0, 0.05) is 5.08 Å². The van der Waals surface area contributed by atoms with Crippen molar-refractivity contribution in [3.63, 3.8) is 0 Å². The smallest absolute Gasteiger partial charge is 0.190 e. The van der Waals surface area contributed by atoms with Gasteiger partial charge in [-0.15, -0.1) is 9.06 Å². The van der Waals surface area contributed by atoms with E-state index in [9.17, 15) is 8.78 Å². The molecule has 1 atom stereocenters. The van der Waals surface area contributed by atoms with E-state index in [1.54, 1.807) is 12.3 Å². The van der Waals surface area contributed by atoms with Crippen molar-refractivity contribution in [1.29, 1.82) is 0 Å². The van der Waals surface area contributed by atoms with E-state index < -0.39 is 14.3 Å². The average molecular weight is 226 g/mol. The van der Waals surface area contributed by atoms with Gasteiger partial charge in [-0.25, -0.2) is 0 Å². The van der Waals surface area contributed by atoms with Crippen LogP contribution in [0.25, 0.3) is 0 Å². The average Bonchev–Trinajstić information content (AvgIpc) is 2.68. The predicted molar refractivity (Wildman–Crippen MR) is 59.5 cm³/mol. The summed E-state index contributed by atoms with van der Waals surface area (Å²) in [6.45, 7) is 4.06. The third-order valence-electron chi connectivity index (χ3n) is 1.97. The fourth-order valence-electron chi connectivity index (χ4n) is 0.851. The molecular formula is C9H16F2S2. The van der Waals surface area contributed by atoms with Gasteiger partial charge in [0.15, 0.2) is 0 Å². The Hall–Kier alpha value is 0.300. The van der Waals surface area contributed by atoms with E-state index in [0.717, 1.165) is 12.5 Å². The Labute approximate surface area is 83.9 Å². The molecule has 78 valence electrons. The molecule has 0 aromatic rings. The van der Waals surface area contributed by atoms with Gasteiger partial charge in [0.25, 0.3) is 0 Å². The first-order valence-electron chi connectivity index (χ1n) is 4.33. The molecule has 0 bridgehead atoms. The first-order valence-corrected chi connectivity index (χ1v) is 8.04. The molecule has 0 N–H and O–H groups in total. The van der Waals surface area contributed by atoms with E-state index in [1.807, 2.05) is 13.8 Å². The van der Waals surface area contributed by atoms with Crippen molar-refractivity contribution in [1.82, 2.24) is 0 Å². The van der Waals surface area contributed by atoms with Crippen LogP contribution in [0, 0.1) is 5.92 Å². The second kappa shape index (κ2) is 3.81. The van der Waals surface area contributed by atoms with Crippen molar-refractivity contribution in [3.8, 4) is 0 Å². The molecule has 1 aliphatic heterocycles. The topological polar surface area (TPSA) is 0 Å². The van der Waals surface area contributed by atoms with Gasteiger partial charge in [0.2, 0.25) is 0 Å². The fraction of sp³-hybridized carbons (Fsp3) is 0.778. The Morgan fingerprint density at radius 1 is 1.54 bits per heavy atom. The quantitative estimate of drug-likeness (QED) is 0.392. The van der Waals surface area contributed by atoms with Crippen LogP contribution in [-0.4, -0.2) is 16.6 Å². The Balaban J connectivity index is 2.46. The van der Waals surface area contributed by atoms with Crippen molar-refractivity contribution in [2.24, 2.45) is 5.92 Å². The second-order valence-corrected chi connectivity index (χ2v) is 10.5. The summed E-state index contributed by atoms with van der Waals surface area (Å²) in [7, 11) is -0.235. The van der Waals surface area contributed by atoms with Crippen LogP contribution >= 0.6 is 19.9 Å². The van der Waals surface area contributed by atoms with Crippen molar-refractivity contribution in [2.45, 2.75) is 25.5 Å². The number of hydrogen-bond donors (Lipinski definition) is 0. The minimum absolute atomic E-state index is 0.460. The van der Waals surface area contributed by atoms with E-state index >= 15 is 0 Å². The van der Waals surface area contributed by atoms with E-state index in [1.165, 1.54) is 10.8 Å². The minimum atomic E-state index is -2.55. The Kier molecular flexibility index (Phi) is 3.33. The zero-order valence-corrected chi connectivity index (χ0v) is 9.85. The number of hydrogen-bond acceptors (Lipinski definition) is 1. The standard InChI is InChI=1S/C9H16F2S2/c1-8(2)5-4-6-9(10,11)13(3)7-12-13/h4,6,8H,5,7H2,1-3H3/b6-4+. The summed E-state index contributed by atoms with van der Waals surface area (Å²) >= 11 is 0. The molecule has 1 heterocycles.